The molecule has 16 heavy (non-hydrogen) atoms. The van der Waals surface area contributed by atoms with Gasteiger partial charge >= 0.3 is 11.9 Å². The van der Waals surface area contributed by atoms with Crippen molar-refractivity contribution in [3.8, 4) is 0 Å². The van der Waals surface area contributed by atoms with Crippen LogP contribution in [0.15, 0.2) is 12.2 Å². The number of aliphatic carboxylic acids is 1. The minimum absolute atomic E-state index is 0.125. The molecule has 4 nitrogen and oxygen atoms in total. The second kappa shape index (κ2) is 5.58. The van der Waals surface area contributed by atoms with E-state index in [9.17, 15) is 18.4 Å². The Morgan fingerprint density at radius 2 is 1.94 bits per heavy atom. The molecule has 3 unspecified atom stereocenters. The summed E-state index contributed by atoms with van der Waals surface area (Å²) >= 11 is 0. The molecule has 1 rings (SSSR count). The Morgan fingerprint density at radius 1 is 1.25 bits per heavy atom. The van der Waals surface area contributed by atoms with E-state index >= 15 is 0 Å². The highest BCUT2D eigenvalue weighted by molar-refractivity contribution is 5.90. The predicted octanol–water partition coefficient (Wildman–Crippen LogP) is 1.40. The number of carbonyl (C=O) groups is 2. The normalized spacial score (nSPS) is 30.2. The largest absolute Gasteiger partial charge is 0.478 e. The van der Waals surface area contributed by atoms with Gasteiger partial charge in [-0.3, -0.25) is 0 Å². The third kappa shape index (κ3) is 3.60. The van der Waals surface area contributed by atoms with E-state index in [1.165, 1.54) is 0 Å². The van der Waals surface area contributed by atoms with E-state index in [0.717, 1.165) is 0 Å². The maximum absolute atomic E-state index is 13.2. The third-order valence-electron chi connectivity index (χ3n) is 2.30. The molecule has 0 amide bonds. The fraction of sp³-hybridized carbons (Fsp3) is 0.600. The zero-order valence-corrected chi connectivity index (χ0v) is 8.44. The molecular formula is C10H12F2O4. The molecule has 6 heteroatoms. The average Bonchev–Trinajstić information content (AvgIpc) is 2.22. The van der Waals surface area contributed by atoms with E-state index in [1.807, 2.05) is 0 Å². The summed E-state index contributed by atoms with van der Waals surface area (Å²) in [5, 5.41) is 8.23. The SMILES string of the molecule is O=C(O)/C=C/C(=O)OC1CCCC(F)C1F. The number of alkyl halides is 2. The van der Waals surface area contributed by atoms with Crippen LogP contribution in [-0.2, 0) is 14.3 Å². The summed E-state index contributed by atoms with van der Waals surface area (Å²) in [5.41, 5.74) is 0. The van der Waals surface area contributed by atoms with Gasteiger partial charge in [0.05, 0.1) is 0 Å². The molecule has 90 valence electrons. The molecule has 0 bridgehead atoms. The number of hydrogen-bond donors (Lipinski definition) is 1. The number of ether oxygens (including phenoxy) is 1. The first kappa shape index (κ1) is 12.6. The van der Waals surface area contributed by atoms with Crippen LogP contribution in [0.3, 0.4) is 0 Å². The molecule has 1 fully saturated rings. The molecule has 0 aromatic heterocycles. The molecule has 1 N–H and O–H groups in total. The van der Waals surface area contributed by atoms with Crippen LogP contribution in [0.4, 0.5) is 8.78 Å². The molecule has 1 aliphatic rings. The van der Waals surface area contributed by atoms with Gasteiger partial charge in [0.1, 0.15) is 12.3 Å². The van der Waals surface area contributed by atoms with Crippen LogP contribution in [0.25, 0.3) is 0 Å². The quantitative estimate of drug-likeness (QED) is 0.592. The summed E-state index contributed by atoms with van der Waals surface area (Å²) in [7, 11) is 0. The van der Waals surface area contributed by atoms with Crippen LogP contribution in [0.1, 0.15) is 19.3 Å². The number of carboxylic acid groups (broad SMARTS) is 1. The van der Waals surface area contributed by atoms with E-state index in [-0.39, 0.29) is 12.8 Å². The van der Waals surface area contributed by atoms with E-state index in [0.29, 0.717) is 18.6 Å². The minimum atomic E-state index is -1.82. The van der Waals surface area contributed by atoms with Gasteiger partial charge in [0.2, 0.25) is 0 Å². The predicted molar refractivity (Wildman–Crippen MR) is 50.3 cm³/mol. The Kier molecular flexibility index (Phi) is 4.39. The van der Waals surface area contributed by atoms with Gasteiger partial charge in [0.25, 0.3) is 0 Å². The van der Waals surface area contributed by atoms with Crippen molar-refractivity contribution in [2.24, 2.45) is 0 Å². The summed E-state index contributed by atoms with van der Waals surface area (Å²) in [6.45, 7) is 0. The summed E-state index contributed by atoms with van der Waals surface area (Å²) in [5.74, 6) is -2.27. The molecule has 0 aromatic rings. The number of esters is 1. The molecular weight excluding hydrogens is 222 g/mol. The Hall–Kier alpha value is -1.46. The van der Waals surface area contributed by atoms with Crippen molar-refractivity contribution < 1.29 is 28.2 Å². The van der Waals surface area contributed by atoms with Crippen molar-refractivity contribution >= 4 is 11.9 Å². The molecule has 0 saturated heterocycles. The Bertz CT molecular complexity index is 303. The van der Waals surface area contributed by atoms with Gasteiger partial charge in [-0.1, -0.05) is 0 Å². The lowest BCUT2D eigenvalue weighted by molar-refractivity contribution is -0.150. The van der Waals surface area contributed by atoms with Crippen molar-refractivity contribution in [1.29, 1.82) is 0 Å². The van der Waals surface area contributed by atoms with Gasteiger partial charge < -0.3 is 9.84 Å². The number of hydrogen-bond acceptors (Lipinski definition) is 3. The van der Waals surface area contributed by atoms with E-state index in [2.05, 4.69) is 4.74 Å². The lowest BCUT2D eigenvalue weighted by Crippen LogP contribution is -2.38. The van der Waals surface area contributed by atoms with Crippen molar-refractivity contribution in [1.82, 2.24) is 0 Å². The first-order chi connectivity index (χ1) is 7.50. The van der Waals surface area contributed by atoms with Gasteiger partial charge in [-0.2, -0.15) is 0 Å². The summed E-state index contributed by atoms with van der Waals surface area (Å²) in [6.07, 6.45) is -2.46. The number of halogens is 2. The lowest BCUT2D eigenvalue weighted by Gasteiger charge is -2.27. The standard InChI is InChI=1S/C10H12F2O4/c11-6-2-1-3-7(10(6)12)16-9(15)5-4-8(13)14/h4-7,10H,1-3H2,(H,13,14)/b5-4+. The summed E-state index contributed by atoms with van der Waals surface area (Å²) in [4.78, 5) is 21.1. The zero-order chi connectivity index (χ0) is 12.1. The molecule has 0 aliphatic heterocycles. The summed E-state index contributed by atoms with van der Waals surface area (Å²) in [6, 6.07) is 0. The van der Waals surface area contributed by atoms with Crippen molar-refractivity contribution in [2.75, 3.05) is 0 Å². The first-order valence-corrected chi connectivity index (χ1v) is 4.90. The smallest absolute Gasteiger partial charge is 0.331 e. The van der Waals surface area contributed by atoms with Gasteiger partial charge in [-0.15, -0.1) is 0 Å². The Balaban J connectivity index is 2.47. The van der Waals surface area contributed by atoms with Crippen LogP contribution in [0.5, 0.6) is 0 Å². The number of rotatable bonds is 3. The molecule has 1 aliphatic carbocycles. The fourth-order valence-electron chi connectivity index (χ4n) is 1.52. The highest BCUT2D eigenvalue weighted by Gasteiger charge is 2.35. The average molecular weight is 234 g/mol. The second-order valence-electron chi connectivity index (χ2n) is 3.54. The number of carbonyl (C=O) groups excluding carboxylic acids is 1. The van der Waals surface area contributed by atoms with Gasteiger partial charge in [0, 0.05) is 12.2 Å². The van der Waals surface area contributed by atoms with E-state index in [4.69, 9.17) is 5.11 Å². The second-order valence-corrected chi connectivity index (χ2v) is 3.54. The molecule has 0 radical (unpaired) electrons. The summed E-state index contributed by atoms with van der Waals surface area (Å²) < 4.78 is 30.7. The van der Waals surface area contributed by atoms with Gasteiger partial charge in [-0.25, -0.2) is 18.4 Å². The van der Waals surface area contributed by atoms with Crippen LogP contribution >= 0.6 is 0 Å². The Morgan fingerprint density at radius 3 is 2.56 bits per heavy atom. The van der Waals surface area contributed by atoms with Crippen LogP contribution < -0.4 is 0 Å². The third-order valence-corrected chi connectivity index (χ3v) is 2.30. The minimum Gasteiger partial charge on any atom is -0.478 e. The van der Waals surface area contributed by atoms with Crippen molar-refractivity contribution in [3.05, 3.63) is 12.2 Å². The van der Waals surface area contributed by atoms with Crippen molar-refractivity contribution in [3.63, 3.8) is 0 Å². The highest BCUT2D eigenvalue weighted by Crippen LogP contribution is 2.26. The first-order valence-electron chi connectivity index (χ1n) is 4.90. The van der Waals surface area contributed by atoms with Crippen LogP contribution in [0, 0.1) is 0 Å². The van der Waals surface area contributed by atoms with E-state index < -0.39 is 30.4 Å². The highest BCUT2D eigenvalue weighted by atomic mass is 19.2. The van der Waals surface area contributed by atoms with Gasteiger partial charge in [-0.05, 0) is 19.3 Å². The molecule has 0 spiro atoms. The van der Waals surface area contributed by atoms with E-state index in [1.54, 1.807) is 0 Å². The molecule has 3 atom stereocenters. The monoisotopic (exact) mass is 234 g/mol. The Labute approximate surface area is 90.9 Å². The van der Waals surface area contributed by atoms with Crippen LogP contribution in [-0.4, -0.2) is 35.5 Å². The lowest BCUT2D eigenvalue weighted by atomic mass is 9.94. The maximum Gasteiger partial charge on any atom is 0.331 e. The molecule has 0 aromatic carbocycles. The topological polar surface area (TPSA) is 63.6 Å². The van der Waals surface area contributed by atoms with Crippen molar-refractivity contribution in [2.45, 2.75) is 37.7 Å². The van der Waals surface area contributed by atoms with Crippen LogP contribution in [0.2, 0.25) is 0 Å². The fourth-order valence-corrected chi connectivity index (χ4v) is 1.52. The molecule has 1 saturated carbocycles. The number of carboxylic acids is 1. The van der Waals surface area contributed by atoms with Gasteiger partial charge in [0.15, 0.2) is 6.17 Å². The molecule has 0 heterocycles. The maximum atomic E-state index is 13.2. The zero-order valence-electron chi connectivity index (χ0n) is 8.44.